The number of anilines is 1. The van der Waals surface area contributed by atoms with Crippen LogP contribution in [0.5, 0.6) is 17.2 Å². The molecule has 2 aromatic carbocycles. The van der Waals surface area contributed by atoms with Crippen molar-refractivity contribution < 1.29 is 33.0 Å². The van der Waals surface area contributed by atoms with Crippen molar-refractivity contribution in [2.75, 3.05) is 26.2 Å². The number of methoxy groups -OCH3 is 3. The quantitative estimate of drug-likeness (QED) is 0.612. The zero-order valence-corrected chi connectivity index (χ0v) is 15.8. The molecule has 1 saturated heterocycles. The van der Waals surface area contributed by atoms with E-state index in [2.05, 4.69) is 5.32 Å². The van der Waals surface area contributed by atoms with Gasteiger partial charge >= 0.3 is 6.03 Å². The number of benzene rings is 2. The number of amides is 4. The average Bonchev–Trinajstić information content (AvgIpc) is 2.71. The second-order valence-electron chi connectivity index (χ2n) is 5.86. The molecule has 1 N–H and O–H groups in total. The number of hydrogen-bond donors (Lipinski definition) is 1. The molecule has 8 nitrogen and oxygen atoms in total. The van der Waals surface area contributed by atoms with Crippen LogP contribution in [0, 0.1) is 5.82 Å². The van der Waals surface area contributed by atoms with E-state index < -0.39 is 23.7 Å². The summed E-state index contributed by atoms with van der Waals surface area (Å²) in [6.07, 6.45) is 1.28. The van der Waals surface area contributed by atoms with Crippen LogP contribution in [-0.4, -0.2) is 39.2 Å². The number of carbonyl (C=O) groups excluding carboxylic acids is 3. The van der Waals surface area contributed by atoms with Crippen molar-refractivity contribution >= 4 is 29.6 Å². The lowest BCUT2D eigenvalue weighted by Crippen LogP contribution is -2.54. The molecule has 3 rings (SSSR count). The summed E-state index contributed by atoms with van der Waals surface area (Å²) in [5.74, 6) is -1.34. The van der Waals surface area contributed by atoms with Gasteiger partial charge in [0.25, 0.3) is 11.8 Å². The highest BCUT2D eigenvalue weighted by molar-refractivity contribution is 6.39. The summed E-state index contributed by atoms with van der Waals surface area (Å²) in [6, 6.07) is 6.96. The summed E-state index contributed by atoms with van der Waals surface area (Å²) >= 11 is 0. The molecule has 1 heterocycles. The van der Waals surface area contributed by atoms with E-state index in [1.807, 2.05) is 0 Å². The fourth-order valence-corrected chi connectivity index (χ4v) is 2.88. The fraction of sp³-hybridized carbons (Fsp3) is 0.150. The third kappa shape index (κ3) is 3.62. The van der Waals surface area contributed by atoms with Gasteiger partial charge in [-0.25, -0.2) is 14.1 Å². The van der Waals surface area contributed by atoms with Gasteiger partial charge in [0.15, 0.2) is 11.5 Å². The maximum absolute atomic E-state index is 13.2. The Hall–Kier alpha value is -3.88. The first-order valence-corrected chi connectivity index (χ1v) is 8.37. The Balaban J connectivity index is 2.08. The minimum Gasteiger partial charge on any atom is -0.493 e. The minimum absolute atomic E-state index is 0.117. The number of nitrogens with one attached hydrogen (secondary N) is 1. The molecule has 4 amide bonds. The van der Waals surface area contributed by atoms with Crippen molar-refractivity contribution in [3.63, 3.8) is 0 Å². The van der Waals surface area contributed by atoms with Crippen LogP contribution in [0.15, 0.2) is 42.0 Å². The lowest BCUT2D eigenvalue weighted by Gasteiger charge is -2.26. The summed E-state index contributed by atoms with van der Waals surface area (Å²) in [4.78, 5) is 38.2. The number of halogens is 1. The van der Waals surface area contributed by atoms with Crippen LogP contribution in [0.1, 0.15) is 5.56 Å². The predicted octanol–water partition coefficient (Wildman–Crippen LogP) is 2.52. The van der Waals surface area contributed by atoms with Crippen molar-refractivity contribution in [2.24, 2.45) is 0 Å². The van der Waals surface area contributed by atoms with Crippen molar-refractivity contribution in [2.45, 2.75) is 0 Å². The van der Waals surface area contributed by atoms with Crippen LogP contribution in [0.4, 0.5) is 14.9 Å². The molecule has 0 aliphatic carbocycles. The van der Waals surface area contributed by atoms with Gasteiger partial charge < -0.3 is 14.2 Å². The molecule has 1 aliphatic heterocycles. The maximum atomic E-state index is 13.2. The number of hydrogen-bond acceptors (Lipinski definition) is 6. The summed E-state index contributed by atoms with van der Waals surface area (Å²) in [5.41, 5.74) is 0.170. The first-order chi connectivity index (χ1) is 13.9. The van der Waals surface area contributed by atoms with Crippen molar-refractivity contribution in [1.29, 1.82) is 0 Å². The van der Waals surface area contributed by atoms with Crippen LogP contribution >= 0.6 is 0 Å². The fourth-order valence-electron chi connectivity index (χ4n) is 2.88. The van der Waals surface area contributed by atoms with Crippen LogP contribution < -0.4 is 24.4 Å². The van der Waals surface area contributed by atoms with Gasteiger partial charge in [-0.3, -0.25) is 14.9 Å². The first kappa shape index (κ1) is 19.9. The smallest absolute Gasteiger partial charge is 0.335 e. The van der Waals surface area contributed by atoms with E-state index in [-0.39, 0.29) is 22.8 Å². The van der Waals surface area contributed by atoms with Gasteiger partial charge in [-0.15, -0.1) is 0 Å². The molecule has 1 aliphatic rings. The topological polar surface area (TPSA) is 94.2 Å². The predicted molar refractivity (Wildman–Crippen MR) is 101 cm³/mol. The summed E-state index contributed by atoms with van der Waals surface area (Å²) < 4.78 is 29.0. The highest BCUT2D eigenvalue weighted by Crippen LogP contribution is 2.40. The highest BCUT2D eigenvalue weighted by Gasteiger charge is 2.37. The normalized spacial score (nSPS) is 15.4. The molecule has 2 aromatic rings. The number of rotatable bonds is 5. The number of imide groups is 2. The monoisotopic (exact) mass is 400 g/mol. The summed E-state index contributed by atoms with van der Waals surface area (Å²) in [5, 5.41) is 2.10. The average molecular weight is 400 g/mol. The third-order valence-corrected chi connectivity index (χ3v) is 4.22. The van der Waals surface area contributed by atoms with Crippen molar-refractivity contribution in [3.05, 3.63) is 53.4 Å². The van der Waals surface area contributed by atoms with E-state index in [1.54, 1.807) is 12.1 Å². The van der Waals surface area contributed by atoms with Gasteiger partial charge in [0.2, 0.25) is 5.75 Å². The van der Waals surface area contributed by atoms with Crippen LogP contribution in [0.25, 0.3) is 6.08 Å². The SMILES string of the molecule is COc1ccc(C=C2C(=O)NC(=O)N(c3ccc(F)cc3)C2=O)c(OC)c1OC. The van der Waals surface area contributed by atoms with E-state index in [1.165, 1.54) is 39.5 Å². The summed E-state index contributed by atoms with van der Waals surface area (Å²) in [6.45, 7) is 0. The molecule has 150 valence electrons. The van der Waals surface area contributed by atoms with E-state index in [9.17, 15) is 18.8 Å². The second kappa shape index (κ2) is 8.01. The molecular weight excluding hydrogens is 383 g/mol. The number of carbonyl (C=O) groups is 3. The Morgan fingerprint density at radius 3 is 2.14 bits per heavy atom. The lowest BCUT2D eigenvalue weighted by molar-refractivity contribution is -0.122. The zero-order valence-electron chi connectivity index (χ0n) is 15.8. The third-order valence-electron chi connectivity index (χ3n) is 4.22. The molecule has 0 saturated carbocycles. The van der Waals surface area contributed by atoms with Crippen LogP contribution in [0.2, 0.25) is 0 Å². The number of ether oxygens (including phenoxy) is 3. The lowest BCUT2D eigenvalue weighted by atomic mass is 10.1. The maximum Gasteiger partial charge on any atom is 0.335 e. The first-order valence-electron chi connectivity index (χ1n) is 8.37. The van der Waals surface area contributed by atoms with Crippen LogP contribution in [0.3, 0.4) is 0 Å². The zero-order chi connectivity index (χ0) is 21.1. The Labute approximate surface area is 165 Å². The molecule has 0 unspecified atom stereocenters. The molecule has 0 aromatic heterocycles. The Morgan fingerprint density at radius 2 is 1.55 bits per heavy atom. The van der Waals surface area contributed by atoms with Gasteiger partial charge in [0, 0.05) is 5.56 Å². The van der Waals surface area contributed by atoms with Gasteiger partial charge in [-0.2, -0.15) is 0 Å². The van der Waals surface area contributed by atoms with Gasteiger partial charge in [-0.1, -0.05) is 0 Å². The Bertz CT molecular complexity index is 1020. The molecule has 0 spiro atoms. The molecule has 9 heteroatoms. The van der Waals surface area contributed by atoms with Crippen molar-refractivity contribution in [3.8, 4) is 17.2 Å². The number of urea groups is 1. The minimum atomic E-state index is -0.928. The standard InChI is InChI=1S/C20H17FN2O6/c1-27-15-9-4-11(16(28-2)17(15)29-3)10-14-18(24)22-20(26)23(19(14)25)13-7-5-12(21)6-8-13/h4-10H,1-3H3,(H,22,24,26). The molecule has 1 fully saturated rings. The Morgan fingerprint density at radius 1 is 0.897 bits per heavy atom. The highest BCUT2D eigenvalue weighted by atomic mass is 19.1. The van der Waals surface area contributed by atoms with Crippen LogP contribution in [-0.2, 0) is 9.59 Å². The number of nitrogens with zero attached hydrogens (tertiary/aromatic N) is 1. The van der Waals surface area contributed by atoms with E-state index >= 15 is 0 Å². The molecule has 0 radical (unpaired) electrons. The van der Waals surface area contributed by atoms with E-state index in [0.29, 0.717) is 11.3 Å². The summed E-state index contributed by atoms with van der Waals surface area (Å²) in [7, 11) is 4.28. The van der Waals surface area contributed by atoms with Gasteiger partial charge in [-0.05, 0) is 42.5 Å². The van der Waals surface area contributed by atoms with Gasteiger partial charge in [0.1, 0.15) is 11.4 Å². The largest absolute Gasteiger partial charge is 0.493 e. The van der Waals surface area contributed by atoms with Crippen molar-refractivity contribution in [1.82, 2.24) is 5.32 Å². The van der Waals surface area contributed by atoms with E-state index in [4.69, 9.17) is 14.2 Å². The molecule has 0 bridgehead atoms. The molecular formula is C20H17FN2O6. The Kier molecular flexibility index (Phi) is 5.49. The molecule has 29 heavy (non-hydrogen) atoms. The second-order valence-corrected chi connectivity index (χ2v) is 5.86. The van der Waals surface area contributed by atoms with E-state index in [0.717, 1.165) is 17.0 Å². The number of barbiturate groups is 1. The van der Waals surface area contributed by atoms with Gasteiger partial charge in [0.05, 0.1) is 27.0 Å². The molecule has 0 atom stereocenters.